The molecule has 1 aromatic rings. The van der Waals surface area contributed by atoms with Crippen LogP contribution in [0.1, 0.15) is 16.8 Å². The number of rotatable bonds is 4. The fourth-order valence-corrected chi connectivity index (χ4v) is 0.953. The molecule has 0 aliphatic heterocycles. The van der Waals surface area contributed by atoms with Crippen molar-refractivity contribution >= 4 is 11.8 Å². The van der Waals surface area contributed by atoms with Gasteiger partial charge in [-0.15, -0.1) is 0 Å². The van der Waals surface area contributed by atoms with Gasteiger partial charge in [0.2, 0.25) is 5.91 Å². The lowest BCUT2D eigenvalue weighted by Gasteiger charge is -2.03. The number of hydrogen-bond donors (Lipinski definition) is 3. The third kappa shape index (κ3) is 3.63. The van der Waals surface area contributed by atoms with Gasteiger partial charge in [0.25, 0.3) is 5.91 Å². The summed E-state index contributed by atoms with van der Waals surface area (Å²) in [6.07, 6.45) is 2.62. The van der Waals surface area contributed by atoms with Crippen molar-refractivity contribution in [2.24, 2.45) is 5.73 Å². The van der Waals surface area contributed by atoms with Crippen LogP contribution in [0.15, 0.2) is 18.5 Å². The first kappa shape index (κ1) is 11.0. The molecule has 0 radical (unpaired) electrons. The van der Waals surface area contributed by atoms with Crippen LogP contribution in [0, 0.1) is 0 Å². The molecule has 0 spiro atoms. The smallest absolute Gasteiger partial charge is 0.252 e. The largest absolute Gasteiger partial charge is 0.506 e. The highest BCUT2D eigenvalue weighted by Gasteiger charge is 2.06. The second-order valence-electron chi connectivity index (χ2n) is 2.90. The molecule has 0 unspecified atom stereocenters. The zero-order chi connectivity index (χ0) is 11.3. The third-order valence-corrected chi connectivity index (χ3v) is 1.64. The van der Waals surface area contributed by atoms with E-state index in [0.717, 1.165) is 0 Å². The van der Waals surface area contributed by atoms with Crippen LogP contribution in [0.5, 0.6) is 5.75 Å². The van der Waals surface area contributed by atoms with E-state index in [1.807, 2.05) is 0 Å². The van der Waals surface area contributed by atoms with Crippen LogP contribution in [-0.2, 0) is 4.79 Å². The Morgan fingerprint density at radius 2 is 2.20 bits per heavy atom. The van der Waals surface area contributed by atoms with Crippen molar-refractivity contribution in [2.75, 3.05) is 6.54 Å². The Balaban J connectivity index is 2.50. The number of amides is 2. The lowest BCUT2D eigenvalue weighted by atomic mass is 10.2. The van der Waals surface area contributed by atoms with Gasteiger partial charge in [-0.3, -0.25) is 14.6 Å². The second kappa shape index (κ2) is 4.94. The Morgan fingerprint density at radius 1 is 1.47 bits per heavy atom. The van der Waals surface area contributed by atoms with Gasteiger partial charge < -0.3 is 16.2 Å². The standard InChI is InChI=1S/C9H11N3O3/c10-8(14)1-2-12-9(15)6-3-7(13)5-11-4-6/h3-5,13H,1-2H2,(H2,10,14)(H,12,15). The van der Waals surface area contributed by atoms with Gasteiger partial charge in [0.05, 0.1) is 11.8 Å². The molecule has 2 amide bonds. The molecular formula is C9H11N3O3. The molecule has 0 aliphatic rings. The van der Waals surface area contributed by atoms with Gasteiger partial charge in [-0.05, 0) is 6.07 Å². The van der Waals surface area contributed by atoms with Crippen LogP contribution >= 0.6 is 0 Å². The van der Waals surface area contributed by atoms with Gasteiger partial charge in [-0.1, -0.05) is 0 Å². The molecule has 0 aliphatic carbocycles. The number of nitrogens with one attached hydrogen (secondary N) is 1. The number of aromatic nitrogens is 1. The number of nitrogens with two attached hydrogens (primary N) is 1. The first-order valence-corrected chi connectivity index (χ1v) is 4.30. The van der Waals surface area contributed by atoms with Gasteiger partial charge in [-0.25, -0.2) is 0 Å². The van der Waals surface area contributed by atoms with Crippen LogP contribution < -0.4 is 11.1 Å². The fourth-order valence-electron chi connectivity index (χ4n) is 0.953. The molecule has 1 aromatic heterocycles. The number of hydrogen-bond acceptors (Lipinski definition) is 4. The van der Waals surface area contributed by atoms with Gasteiger partial charge >= 0.3 is 0 Å². The number of carbonyl (C=O) groups is 2. The Bertz CT molecular complexity index is 379. The number of primary amides is 1. The van der Waals surface area contributed by atoms with Crippen LogP contribution in [0.25, 0.3) is 0 Å². The predicted molar refractivity (Wildman–Crippen MR) is 52.0 cm³/mol. The maximum atomic E-state index is 11.4. The molecule has 0 fully saturated rings. The highest BCUT2D eigenvalue weighted by Crippen LogP contribution is 2.07. The average Bonchev–Trinajstić information content (AvgIpc) is 2.17. The molecule has 0 saturated heterocycles. The minimum Gasteiger partial charge on any atom is -0.506 e. The lowest BCUT2D eigenvalue weighted by Crippen LogP contribution is -2.27. The average molecular weight is 209 g/mol. The molecule has 6 heteroatoms. The summed E-state index contributed by atoms with van der Waals surface area (Å²) in [6.45, 7) is 0.170. The number of pyridine rings is 1. The van der Waals surface area contributed by atoms with Crippen molar-refractivity contribution in [2.45, 2.75) is 6.42 Å². The van der Waals surface area contributed by atoms with Crippen LogP contribution in [0.3, 0.4) is 0 Å². The number of nitrogens with zero attached hydrogens (tertiary/aromatic N) is 1. The van der Waals surface area contributed by atoms with Crippen molar-refractivity contribution in [3.05, 3.63) is 24.0 Å². The Hall–Kier alpha value is -2.11. The van der Waals surface area contributed by atoms with E-state index < -0.39 is 11.8 Å². The van der Waals surface area contributed by atoms with Gasteiger partial charge in [0.15, 0.2) is 0 Å². The van der Waals surface area contributed by atoms with Crippen LogP contribution in [0.4, 0.5) is 0 Å². The van der Waals surface area contributed by atoms with E-state index in [1.165, 1.54) is 18.5 Å². The molecule has 1 rings (SSSR count). The zero-order valence-corrected chi connectivity index (χ0v) is 7.93. The highest BCUT2D eigenvalue weighted by atomic mass is 16.3. The fraction of sp³-hybridized carbons (Fsp3) is 0.222. The van der Waals surface area contributed by atoms with E-state index in [0.29, 0.717) is 0 Å². The van der Waals surface area contributed by atoms with E-state index in [9.17, 15) is 9.59 Å². The lowest BCUT2D eigenvalue weighted by molar-refractivity contribution is -0.117. The van der Waals surface area contributed by atoms with E-state index in [2.05, 4.69) is 10.3 Å². The highest BCUT2D eigenvalue weighted by molar-refractivity contribution is 5.94. The van der Waals surface area contributed by atoms with Crippen LogP contribution in [-0.4, -0.2) is 28.4 Å². The quantitative estimate of drug-likeness (QED) is 0.615. The number of carbonyl (C=O) groups excluding carboxylic acids is 2. The van der Waals surface area contributed by atoms with E-state index in [1.54, 1.807) is 0 Å². The molecule has 0 bridgehead atoms. The summed E-state index contributed by atoms with van der Waals surface area (Å²) in [5.41, 5.74) is 5.13. The predicted octanol–water partition coefficient (Wildman–Crippen LogP) is -0.608. The summed E-state index contributed by atoms with van der Waals surface area (Å²) < 4.78 is 0. The first-order valence-electron chi connectivity index (χ1n) is 4.30. The maximum Gasteiger partial charge on any atom is 0.252 e. The molecule has 4 N–H and O–H groups in total. The molecule has 1 heterocycles. The minimum atomic E-state index is -0.482. The summed E-state index contributed by atoms with van der Waals surface area (Å²) in [5.74, 6) is -0.971. The van der Waals surface area contributed by atoms with E-state index in [-0.39, 0.29) is 24.3 Å². The summed E-state index contributed by atoms with van der Waals surface area (Å²) in [5, 5.41) is 11.5. The molecule has 0 aromatic carbocycles. The normalized spacial score (nSPS) is 9.60. The van der Waals surface area contributed by atoms with Gasteiger partial charge in [-0.2, -0.15) is 0 Å². The van der Waals surface area contributed by atoms with Crippen molar-refractivity contribution in [3.63, 3.8) is 0 Å². The maximum absolute atomic E-state index is 11.4. The van der Waals surface area contributed by atoms with E-state index >= 15 is 0 Å². The molecule has 6 nitrogen and oxygen atoms in total. The summed E-state index contributed by atoms with van der Waals surface area (Å²) in [7, 11) is 0. The molecule has 0 atom stereocenters. The molecule has 15 heavy (non-hydrogen) atoms. The minimum absolute atomic E-state index is 0.0813. The van der Waals surface area contributed by atoms with Crippen molar-refractivity contribution in [1.29, 1.82) is 0 Å². The topological polar surface area (TPSA) is 105 Å². The van der Waals surface area contributed by atoms with Crippen molar-refractivity contribution in [1.82, 2.24) is 10.3 Å². The van der Waals surface area contributed by atoms with Gasteiger partial charge in [0, 0.05) is 19.2 Å². The number of aromatic hydroxyl groups is 1. The summed E-state index contributed by atoms with van der Waals surface area (Å²) >= 11 is 0. The third-order valence-electron chi connectivity index (χ3n) is 1.64. The first-order chi connectivity index (χ1) is 7.09. The van der Waals surface area contributed by atoms with E-state index in [4.69, 9.17) is 10.8 Å². The summed E-state index contributed by atoms with van der Waals surface area (Å²) in [4.78, 5) is 25.4. The van der Waals surface area contributed by atoms with Crippen molar-refractivity contribution in [3.8, 4) is 5.75 Å². The van der Waals surface area contributed by atoms with Crippen molar-refractivity contribution < 1.29 is 14.7 Å². The Kier molecular flexibility index (Phi) is 3.61. The Morgan fingerprint density at radius 3 is 2.80 bits per heavy atom. The molecule has 0 saturated carbocycles. The Labute approximate surface area is 86.1 Å². The van der Waals surface area contributed by atoms with Gasteiger partial charge in [0.1, 0.15) is 5.75 Å². The second-order valence-corrected chi connectivity index (χ2v) is 2.90. The SMILES string of the molecule is NC(=O)CCNC(=O)c1cncc(O)c1. The molecule has 80 valence electrons. The summed E-state index contributed by atoms with van der Waals surface area (Å²) in [6, 6.07) is 1.28. The zero-order valence-electron chi connectivity index (χ0n) is 7.93. The molecular weight excluding hydrogens is 198 g/mol. The monoisotopic (exact) mass is 209 g/mol. The van der Waals surface area contributed by atoms with Crippen LogP contribution in [0.2, 0.25) is 0 Å².